The summed E-state index contributed by atoms with van der Waals surface area (Å²) in [5.41, 5.74) is 8.07. The second-order valence-electron chi connectivity index (χ2n) is 4.11. The Labute approximate surface area is 125 Å². The zero-order chi connectivity index (χ0) is 14.1. The van der Waals surface area contributed by atoms with E-state index in [0.717, 1.165) is 5.56 Å². The van der Waals surface area contributed by atoms with Gasteiger partial charge in [0.1, 0.15) is 0 Å². The fraction of sp³-hybridized carbons (Fsp3) is 0. The van der Waals surface area contributed by atoms with Gasteiger partial charge in [0, 0.05) is 18.0 Å². The predicted molar refractivity (Wildman–Crippen MR) is 79.6 cm³/mol. The van der Waals surface area contributed by atoms with Crippen molar-refractivity contribution in [2.75, 3.05) is 5.73 Å². The molecule has 6 heteroatoms. The molecule has 100 valence electrons. The van der Waals surface area contributed by atoms with Crippen LogP contribution in [0.5, 0.6) is 0 Å². The van der Waals surface area contributed by atoms with Gasteiger partial charge < -0.3 is 10.3 Å². The minimum atomic E-state index is 0.294. The van der Waals surface area contributed by atoms with Gasteiger partial charge in [-0.15, -0.1) is 0 Å². The Balaban J connectivity index is 2.24. The number of anilines is 1. The summed E-state index contributed by atoms with van der Waals surface area (Å²) in [5.74, 6) is 0.781. The van der Waals surface area contributed by atoms with Crippen LogP contribution in [0.3, 0.4) is 0 Å². The zero-order valence-electron chi connectivity index (χ0n) is 10.2. The van der Waals surface area contributed by atoms with Crippen molar-refractivity contribution in [1.29, 1.82) is 0 Å². The SMILES string of the molecule is Nc1noc(-c2cccc(Cl)c2Cl)c1-c1ccncc1. The first-order valence-electron chi connectivity index (χ1n) is 5.78. The maximum absolute atomic E-state index is 6.22. The molecule has 2 N–H and O–H groups in total. The van der Waals surface area contributed by atoms with Crippen molar-refractivity contribution in [2.45, 2.75) is 0 Å². The molecule has 0 radical (unpaired) electrons. The van der Waals surface area contributed by atoms with E-state index in [1.54, 1.807) is 30.6 Å². The average molecular weight is 306 g/mol. The molecule has 20 heavy (non-hydrogen) atoms. The van der Waals surface area contributed by atoms with Gasteiger partial charge in [0.2, 0.25) is 0 Å². The average Bonchev–Trinajstić information content (AvgIpc) is 2.84. The highest BCUT2D eigenvalue weighted by atomic mass is 35.5. The van der Waals surface area contributed by atoms with Crippen LogP contribution in [-0.2, 0) is 0 Å². The number of rotatable bonds is 2. The normalized spacial score (nSPS) is 10.7. The number of hydrogen-bond acceptors (Lipinski definition) is 4. The summed E-state index contributed by atoms with van der Waals surface area (Å²) in [5, 5.41) is 4.67. The van der Waals surface area contributed by atoms with Gasteiger partial charge in [0.15, 0.2) is 11.6 Å². The number of pyridine rings is 1. The Hall–Kier alpha value is -2.04. The molecule has 0 aliphatic carbocycles. The first-order chi connectivity index (χ1) is 9.68. The zero-order valence-corrected chi connectivity index (χ0v) is 11.7. The minimum absolute atomic E-state index is 0.294. The van der Waals surface area contributed by atoms with E-state index in [2.05, 4.69) is 10.1 Å². The number of hydrogen-bond donors (Lipinski definition) is 1. The highest BCUT2D eigenvalue weighted by molar-refractivity contribution is 6.43. The van der Waals surface area contributed by atoms with Crippen LogP contribution in [0.2, 0.25) is 10.0 Å². The fourth-order valence-corrected chi connectivity index (χ4v) is 2.35. The highest BCUT2D eigenvalue weighted by Crippen LogP contribution is 2.41. The van der Waals surface area contributed by atoms with Gasteiger partial charge in [-0.25, -0.2) is 0 Å². The summed E-state index contributed by atoms with van der Waals surface area (Å²) in [7, 11) is 0. The van der Waals surface area contributed by atoms with Crippen LogP contribution in [0, 0.1) is 0 Å². The van der Waals surface area contributed by atoms with Crippen LogP contribution in [0.25, 0.3) is 22.5 Å². The molecule has 0 saturated carbocycles. The first-order valence-corrected chi connectivity index (χ1v) is 6.54. The molecule has 1 aromatic carbocycles. The number of aromatic nitrogens is 2. The van der Waals surface area contributed by atoms with Crippen LogP contribution >= 0.6 is 23.2 Å². The van der Waals surface area contributed by atoms with E-state index in [4.69, 9.17) is 33.5 Å². The third-order valence-corrected chi connectivity index (χ3v) is 3.70. The lowest BCUT2D eigenvalue weighted by Crippen LogP contribution is -1.89. The van der Waals surface area contributed by atoms with Crippen LogP contribution in [-0.4, -0.2) is 10.1 Å². The largest absolute Gasteiger partial charge is 0.380 e. The maximum Gasteiger partial charge on any atom is 0.178 e. The quantitative estimate of drug-likeness (QED) is 0.767. The number of nitrogens with zero attached hydrogens (tertiary/aromatic N) is 2. The Morgan fingerprint density at radius 1 is 1.05 bits per heavy atom. The fourth-order valence-electron chi connectivity index (χ4n) is 1.96. The molecular formula is C14H9Cl2N3O. The summed E-state index contributed by atoms with van der Waals surface area (Å²) >= 11 is 12.3. The van der Waals surface area contributed by atoms with Crippen molar-refractivity contribution < 1.29 is 4.52 Å². The maximum atomic E-state index is 6.22. The van der Waals surface area contributed by atoms with E-state index < -0.39 is 0 Å². The predicted octanol–water partition coefficient (Wildman–Crippen LogP) is 4.29. The van der Waals surface area contributed by atoms with E-state index in [1.165, 1.54) is 0 Å². The smallest absolute Gasteiger partial charge is 0.178 e. The lowest BCUT2D eigenvalue weighted by molar-refractivity contribution is 0.436. The van der Waals surface area contributed by atoms with E-state index in [0.29, 0.717) is 32.8 Å². The molecule has 0 aliphatic rings. The summed E-state index contributed by atoms with van der Waals surface area (Å²) in [6, 6.07) is 8.95. The molecule has 3 aromatic rings. The molecule has 0 saturated heterocycles. The van der Waals surface area contributed by atoms with E-state index in [1.807, 2.05) is 12.1 Å². The second kappa shape index (κ2) is 5.15. The summed E-state index contributed by atoms with van der Waals surface area (Å²) in [6.07, 6.45) is 3.34. The number of nitrogens with two attached hydrogens (primary N) is 1. The molecule has 2 heterocycles. The molecule has 3 rings (SSSR count). The molecule has 4 nitrogen and oxygen atoms in total. The van der Waals surface area contributed by atoms with Gasteiger partial charge in [0.05, 0.1) is 15.6 Å². The van der Waals surface area contributed by atoms with Gasteiger partial charge in [-0.2, -0.15) is 0 Å². The first kappa shape index (κ1) is 13.0. The van der Waals surface area contributed by atoms with Crippen LogP contribution in [0.15, 0.2) is 47.2 Å². The summed E-state index contributed by atoms with van der Waals surface area (Å²) in [4.78, 5) is 3.98. The van der Waals surface area contributed by atoms with Crippen molar-refractivity contribution in [1.82, 2.24) is 10.1 Å². The molecule has 0 unspecified atom stereocenters. The van der Waals surface area contributed by atoms with Crippen molar-refractivity contribution in [3.05, 3.63) is 52.8 Å². The van der Waals surface area contributed by atoms with Gasteiger partial charge in [0.25, 0.3) is 0 Å². The van der Waals surface area contributed by atoms with Crippen LogP contribution < -0.4 is 5.73 Å². The van der Waals surface area contributed by atoms with Gasteiger partial charge in [-0.3, -0.25) is 4.98 Å². The number of halogens is 2. The van der Waals surface area contributed by atoms with E-state index in [-0.39, 0.29) is 0 Å². The third-order valence-electron chi connectivity index (χ3n) is 2.88. The lowest BCUT2D eigenvalue weighted by Gasteiger charge is -2.05. The van der Waals surface area contributed by atoms with Crippen LogP contribution in [0.1, 0.15) is 0 Å². The lowest BCUT2D eigenvalue weighted by atomic mass is 10.0. The monoisotopic (exact) mass is 305 g/mol. The van der Waals surface area contributed by atoms with Crippen molar-refractivity contribution in [2.24, 2.45) is 0 Å². The van der Waals surface area contributed by atoms with Gasteiger partial charge >= 0.3 is 0 Å². The molecule has 0 bridgehead atoms. The Bertz CT molecular complexity index is 756. The molecular weight excluding hydrogens is 297 g/mol. The van der Waals surface area contributed by atoms with Crippen molar-refractivity contribution in [3.63, 3.8) is 0 Å². The Morgan fingerprint density at radius 3 is 2.55 bits per heavy atom. The standard InChI is InChI=1S/C14H9Cl2N3O/c15-10-3-1-2-9(12(10)16)13-11(14(17)19-20-13)8-4-6-18-7-5-8/h1-7H,(H2,17,19). The second-order valence-corrected chi connectivity index (χ2v) is 4.89. The Kier molecular flexibility index (Phi) is 3.34. The van der Waals surface area contributed by atoms with Crippen LogP contribution in [0.4, 0.5) is 5.82 Å². The third kappa shape index (κ3) is 2.13. The summed E-state index contributed by atoms with van der Waals surface area (Å²) in [6.45, 7) is 0. The molecule has 2 aromatic heterocycles. The van der Waals surface area contributed by atoms with Crippen molar-refractivity contribution >= 4 is 29.0 Å². The topological polar surface area (TPSA) is 64.9 Å². The van der Waals surface area contributed by atoms with E-state index >= 15 is 0 Å². The van der Waals surface area contributed by atoms with Gasteiger partial charge in [-0.05, 0) is 29.8 Å². The van der Waals surface area contributed by atoms with Gasteiger partial charge in [-0.1, -0.05) is 34.4 Å². The molecule has 0 atom stereocenters. The summed E-state index contributed by atoms with van der Waals surface area (Å²) < 4.78 is 5.33. The molecule has 0 aliphatic heterocycles. The van der Waals surface area contributed by atoms with Crippen molar-refractivity contribution in [3.8, 4) is 22.5 Å². The minimum Gasteiger partial charge on any atom is -0.380 e. The Morgan fingerprint density at radius 2 is 1.80 bits per heavy atom. The molecule has 0 amide bonds. The number of nitrogen functional groups attached to an aromatic ring is 1. The van der Waals surface area contributed by atoms with E-state index in [9.17, 15) is 0 Å². The molecule has 0 spiro atoms. The molecule has 0 fully saturated rings. The highest BCUT2D eigenvalue weighted by Gasteiger charge is 2.20. The number of benzene rings is 1.